The first-order valence-corrected chi connectivity index (χ1v) is 6.56. The van der Waals surface area contributed by atoms with E-state index in [4.69, 9.17) is 5.11 Å². The van der Waals surface area contributed by atoms with Crippen molar-refractivity contribution in [2.24, 2.45) is 0 Å². The van der Waals surface area contributed by atoms with Gasteiger partial charge in [-0.25, -0.2) is 22.9 Å². The maximum absolute atomic E-state index is 13.4. The molecule has 0 radical (unpaired) electrons. The third-order valence-corrected chi connectivity index (χ3v) is 3.92. The first kappa shape index (κ1) is 13.6. The lowest BCUT2D eigenvalue weighted by Gasteiger charge is -2.03. The van der Waals surface area contributed by atoms with E-state index in [2.05, 4.69) is 4.98 Å². The van der Waals surface area contributed by atoms with E-state index < -0.39 is 29.0 Å². The quantitative estimate of drug-likeness (QED) is 0.776. The summed E-state index contributed by atoms with van der Waals surface area (Å²) in [4.78, 5) is 15.3. The number of carboxylic acid groups (broad SMARTS) is 1. The molecule has 3 aromatic rings. The molecule has 7 heteroatoms. The Bertz CT molecular complexity index is 876. The number of hydrogen-bond acceptors (Lipinski definition) is 3. The molecule has 0 amide bonds. The molecule has 0 aliphatic heterocycles. The summed E-state index contributed by atoms with van der Waals surface area (Å²) in [5.41, 5.74) is 0.0221. The van der Waals surface area contributed by atoms with Gasteiger partial charge in [0.15, 0.2) is 11.6 Å². The zero-order valence-corrected chi connectivity index (χ0v) is 11.0. The highest BCUT2D eigenvalue weighted by Gasteiger charge is 2.19. The normalized spacial score (nSPS) is 11.0. The van der Waals surface area contributed by atoms with Crippen LogP contribution in [0.15, 0.2) is 30.3 Å². The van der Waals surface area contributed by atoms with Gasteiger partial charge in [0.05, 0.1) is 15.8 Å². The Labute approximate surface area is 120 Å². The second-order valence-corrected chi connectivity index (χ2v) is 5.28. The summed E-state index contributed by atoms with van der Waals surface area (Å²) < 4.78 is 40.2. The Kier molecular flexibility index (Phi) is 3.13. The molecule has 0 fully saturated rings. The van der Waals surface area contributed by atoms with Crippen molar-refractivity contribution in [3.05, 3.63) is 53.3 Å². The monoisotopic (exact) mass is 309 g/mol. The first-order valence-electron chi connectivity index (χ1n) is 5.74. The van der Waals surface area contributed by atoms with Crippen LogP contribution in [-0.2, 0) is 0 Å². The van der Waals surface area contributed by atoms with Gasteiger partial charge in [0.2, 0.25) is 0 Å². The van der Waals surface area contributed by atoms with Gasteiger partial charge in [0.25, 0.3) is 0 Å². The average Bonchev–Trinajstić information content (AvgIpc) is 2.83. The van der Waals surface area contributed by atoms with Crippen LogP contribution in [0.4, 0.5) is 13.2 Å². The average molecular weight is 309 g/mol. The van der Waals surface area contributed by atoms with E-state index in [0.29, 0.717) is 16.3 Å². The van der Waals surface area contributed by atoms with Crippen molar-refractivity contribution < 1.29 is 23.1 Å². The standard InChI is InChI=1S/C14H6F3NO2S/c15-6-1-2-11-12(3-6)21-13(18-11)7-4-9(16)10(17)5-8(7)14(19)20/h1-5H,(H,19,20). The number of aromatic carboxylic acids is 1. The van der Waals surface area contributed by atoms with E-state index >= 15 is 0 Å². The number of nitrogens with zero attached hydrogens (tertiary/aromatic N) is 1. The van der Waals surface area contributed by atoms with E-state index in [0.717, 1.165) is 17.4 Å². The van der Waals surface area contributed by atoms with Crippen LogP contribution in [0, 0.1) is 17.5 Å². The second-order valence-electron chi connectivity index (χ2n) is 4.25. The summed E-state index contributed by atoms with van der Waals surface area (Å²) in [5, 5.41) is 9.28. The molecule has 3 nitrogen and oxygen atoms in total. The van der Waals surface area contributed by atoms with Crippen molar-refractivity contribution in [1.82, 2.24) is 4.98 Å². The summed E-state index contributed by atoms with van der Waals surface area (Å²) in [5.74, 6) is -4.26. The van der Waals surface area contributed by atoms with Crippen LogP contribution in [0.5, 0.6) is 0 Å². The highest BCUT2D eigenvalue weighted by atomic mass is 32.1. The van der Waals surface area contributed by atoms with Gasteiger partial charge in [-0.2, -0.15) is 0 Å². The number of carboxylic acids is 1. The Morgan fingerprint density at radius 1 is 1.10 bits per heavy atom. The van der Waals surface area contributed by atoms with Gasteiger partial charge in [-0.15, -0.1) is 11.3 Å². The number of carbonyl (C=O) groups is 1. The topological polar surface area (TPSA) is 50.2 Å². The van der Waals surface area contributed by atoms with E-state index in [1.165, 1.54) is 18.2 Å². The summed E-state index contributed by atoms with van der Waals surface area (Å²) in [6.07, 6.45) is 0. The number of fused-ring (bicyclic) bond motifs is 1. The van der Waals surface area contributed by atoms with Crippen molar-refractivity contribution in [2.75, 3.05) is 0 Å². The number of benzene rings is 2. The van der Waals surface area contributed by atoms with Crippen LogP contribution in [0.1, 0.15) is 10.4 Å². The number of thiazole rings is 1. The van der Waals surface area contributed by atoms with Crippen molar-refractivity contribution in [3.63, 3.8) is 0 Å². The van der Waals surface area contributed by atoms with Gasteiger partial charge < -0.3 is 5.11 Å². The molecular weight excluding hydrogens is 303 g/mol. The summed E-state index contributed by atoms with van der Waals surface area (Å²) in [6, 6.07) is 5.30. The number of aromatic nitrogens is 1. The third-order valence-electron chi connectivity index (χ3n) is 2.87. The van der Waals surface area contributed by atoms with Gasteiger partial charge in [0, 0.05) is 5.56 Å². The lowest BCUT2D eigenvalue weighted by atomic mass is 10.1. The Balaban J connectivity index is 2.26. The van der Waals surface area contributed by atoms with E-state index in [-0.39, 0.29) is 10.6 Å². The van der Waals surface area contributed by atoms with E-state index in [9.17, 15) is 18.0 Å². The molecule has 0 bridgehead atoms. The predicted octanol–water partition coefficient (Wildman–Crippen LogP) is 4.08. The molecule has 0 saturated heterocycles. The molecule has 1 heterocycles. The Morgan fingerprint density at radius 3 is 2.52 bits per heavy atom. The van der Waals surface area contributed by atoms with Crippen LogP contribution in [0.2, 0.25) is 0 Å². The van der Waals surface area contributed by atoms with E-state index in [1.54, 1.807) is 0 Å². The SMILES string of the molecule is O=C(O)c1cc(F)c(F)cc1-c1nc2ccc(F)cc2s1. The molecule has 0 spiro atoms. The maximum Gasteiger partial charge on any atom is 0.336 e. The minimum atomic E-state index is -1.39. The van der Waals surface area contributed by atoms with Gasteiger partial charge in [-0.3, -0.25) is 0 Å². The zero-order chi connectivity index (χ0) is 15.1. The molecule has 0 aliphatic carbocycles. The van der Waals surface area contributed by atoms with Crippen LogP contribution >= 0.6 is 11.3 Å². The van der Waals surface area contributed by atoms with Gasteiger partial charge in [-0.05, 0) is 30.3 Å². The Morgan fingerprint density at radius 2 is 1.81 bits per heavy atom. The molecule has 0 unspecified atom stereocenters. The largest absolute Gasteiger partial charge is 0.478 e. The van der Waals surface area contributed by atoms with Crippen molar-refractivity contribution >= 4 is 27.5 Å². The van der Waals surface area contributed by atoms with Crippen molar-refractivity contribution in [2.45, 2.75) is 0 Å². The Hall–Kier alpha value is -2.41. The van der Waals surface area contributed by atoms with E-state index in [1.807, 2.05) is 0 Å². The molecule has 3 rings (SSSR count). The van der Waals surface area contributed by atoms with Gasteiger partial charge in [0.1, 0.15) is 10.8 Å². The molecule has 0 aliphatic rings. The van der Waals surface area contributed by atoms with Crippen LogP contribution in [0.3, 0.4) is 0 Å². The molecule has 0 atom stereocenters. The summed E-state index contributed by atoms with van der Waals surface area (Å²) in [7, 11) is 0. The number of halogens is 3. The number of rotatable bonds is 2. The highest BCUT2D eigenvalue weighted by molar-refractivity contribution is 7.21. The smallest absolute Gasteiger partial charge is 0.336 e. The molecule has 106 valence electrons. The minimum Gasteiger partial charge on any atom is -0.478 e. The zero-order valence-electron chi connectivity index (χ0n) is 10.2. The van der Waals surface area contributed by atoms with Crippen molar-refractivity contribution in [3.8, 4) is 10.6 Å². The fraction of sp³-hybridized carbons (Fsp3) is 0. The highest BCUT2D eigenvalue weighted by Crippen LogP contribution is 2.33. The van der Waals surface area contributed by atoms with Crippen LogP contribution in [0.25, 0.3) is 20.8 Å². The third kappa shape index (κ3) is 2.36. The number of hydrogen-bond donors (Lipinski definition) is 1. The van der Waals surface area contributed by atoms with Gasteiger partial charge in [-0.1, -0.05) is 0 Å². The fourth-order valence-electron chi connectivity index (χ4n) is 1.91. The van der Waals surface area contributed by atoms with Crippen LogP contribution in [-0.4, -0.2) is 16.1 Å². The molecule has 1 N–H and O–H groups in total. The van der Waals surface area contributed by atoms with Gasteiger partial charge >= 0.3 is 5.97 Å². The lowest BCUT2D eigenvalue weighted by Crippen LogP contribution is -2.02. The fourth-order valence-corrected chi connectivity index (χ4v) is 2.94. The lowest BCUT2D eigenvalue weighted by molar-refractivity contribution is 0.0697. The molecule has 1 aromatic heterocycles. The minimum absolute atomic E-state index is 0.0389. The predicted molar refractivity (Wildman–Crippen MR) is 71.9 cm³/mol. The molecule has 2 aromatic carbocycles. The first-order chi connectivity index (χ1) is 9.95. The van der Waals surface area contributed by atoms with Crippen LogP contribution < -0.4 is 0 Å². The molecule has 21 heavy (non-hydrogen) atoms. The summed E-state index contributed by atoms with van der Waals surface area (Å²) in [6.45, 7) is 0. The maximum atomic E-state index is 13.4. The summed E-state index contributed by atoms with van der Waals surface area (Å²) >= 11 is 1.01. The molecule has 0 saturated carbocycles. The second kappa shape index (κ2) is 4.85. The van der Waals surface area contributed by atoms with Crippen molar-refractivity contribution in [1.29, 1.82) is 0 Å². The molecular formula is C14H6F3NO2S.